The minimum Gasteiger partial charge on any atom is -0.355 e. The van der Waals surface area contributed by atoms with Gasteiger partial charge in [-0.3, -0.25) is 4.79 Å². The summed E-state index contributed by atoms with van der Waals surface area (Å²) in [4.78, 5) is 18.7. The van der Waals surface area contributed by atoms with Crippen LogP contribution in [0.3, 0.4) is 0 Å². The Balaban J connectivity index is 0. The topological polar surface area (TPSA) is 54.9 Å². The summed E-state index contributed by atoms with van der Waals surface area (Å²) in [5.74, 6) is 0.502. The maximum Gasteiger partial charge on any atom is 0.254 e. The van der Waals surface area contributed by atoms with Crippen LogP contribution in [0.5, 0.6) is 0 Å². The maximum absolute atomic E-state index is 10.9. The second-order valence-corrected chi connectivity index (χ2v) is 2.81. The molecule has 1 aromatic rings. The van der Waals surface area contributed by atoms with Gasteiger partial charge in [0.1, 0.15) is 5.82 Å². The molecular weight excluding hydrogens is 178 g/mol. The molecule has 0 saturated carbocycles. The lowest BCUT2D eigenvalue weighted by molar-refractivity contribution is 0.0962. The van der Waals surface area contributed by atoms with Crippen LogP contribution in [0.2, 0.25) is 0 Å². The van der Waals surface area contributed by atoms with E-state index in [-0.39, 0.29) is 7.33 Å². The summed E-state index contributed by atoms with van der Waals surface area (Å²) in [5, 5.41) is 2.48. The largest absolute Gasteiger partial charge is 0.355 e. The summed E-state index contributed by atoms with van der Waals surface area (Å²) < 4.78 is 0. The Hall–Kier alpha value is -1.45. The lowest BCUT2D eigenvalue weighted by Gasteiger charge is -1.97. The number of nitrogens with zero attached hydrogens (tertiary/aromatic N) is 2. The van der Waals surface area contributed by atoms with Crippen molar-refractivity contribution in [1.29, 1.82) is 0 Å². The molecule has 80 valence electrons. The zero-order valence-corrected chi connectivity index (χ0v) is 9.16. The van der Waals surface area contributed by atoms with Crippen LogP contribution in [0.4, 0.5) is 0 Å². The monoisotopic (exact) mass is 197 g/mol. The highest BCUT2D eigenvalue weighted by atomic mass is 16.1. The number of rotatable bonds is 1. The van der Waals surface area contributed by atoms with Gasteiger partial charge in [-0.05, 0) is 6.92 Å². The molecule has 0 spiro atoms. The summed E-state index contributed by atoms with van der Waals surface area (Å²) >= 11 is 0. The van der Waals surface area contributed by atoms with Crippen molar-refractivity contribution in [2.75, 3.05) is 7.05 Å². The van der Waals surface area contributed by atoms with Crippen LogP contribution >= 0.6 is 0 Å². The molecule has 0 aliphatic carbocycles. The summed E-state index contributed by atoms with van der Waals surface area (Å²) in [6.07, 6.45) is 4.25. The molecule has 0 fully saturated rings. The zero-order chi connectivity index (χ0) is 11.0. The minimum atomic E-state index is -0.162. The van der Waals surface area contributed by atoms with E-state index in [0.717, 1.165) is 0 Å². The molecule has 1 rings (SSSR count). The fourth-order valence-corrected chi connectivity index (χ4v) is 0.654. The van der Waals surface area contributed by atoms with Crippen LogP contribution in [0, 0.1) is 6.92 Å². The van der Waals surface area contributed by atoms with Crippen molar-refractivity contribution >= 4 is 5.91 Å². The Kier molecular flexibility index (Phi) is 6.28. The van der Waals surface area contributed by atoms with Crippen LogP contribution in [-0.4, -0.2) is 22.9 Å². The molecule has 1 N–H and O–H groups in total. The molecule has 4 nitrogen and oxygen atoms in total. The first-order valence-electron chi connectivity index (χ1n) is 4.66. The van der Waals surface area contributed by atoms with Gasteiger partial charge < -0.3 is 5.32 Å². The first kappa shape index (κ1) is 12.6. The lowest BCUT2D eigenvalue weighted by atomic mass is 10.3. The summed E-state index contributed by atoms with van der Waals surface area (Å²) in [6.45, 7) is 6.02. The normalized spacial score (nSPS) is 8.57. The molecule has 1 heterocycles. The molecule has 0 aliphatic rings. The van der Waals surface area contributed by atoms with Crippen LogP contribution in [0.25, 0.3) is 0 Å². The number of nitrogens with one attached hydrogen (secondary N) is 1. The van der Waals surface area contributed by atoms with Crippen LogP contribution in [0.15, 0.2) is 12.4 Å². The molecule has 14 heavy (non-hydrogen) atoms. The summed E-state index contributed by atoms with van der Waals surface area (Å²) in [5.41, 5.74) is 0.484. The standard InChI is InChI=1S/C7H9N3O.C3H8.H2/c1-5-9-3-6(4-10-5)7(11)8-2;1-3-2;/h3-4H,1-2H3,(H,8,11);3H2,1-2H3;1H. The maximum atomic E-state index is 10.9. The predicted octanol–water partition coefficient (Wildman–Crippen LogP) is 1.81. The Morgan fingerprint density at radius 3 is 2.21 bits per heavy atom. The summed E-state index contributed by atoms with van der Waals surface area (Å²) in [6, 6.07) is 0. The van der Waals surface area contributed by atoms with Crippen molar-refractivity contribution < 1.29 is 6.22 Å². The van der Waals surface area contributed by atoms with Crippen molar-refractivity contribution in [2.45, 2.75) is 27.2 Å². The average molecular weight is 197 g/mol. The van der Waals surface area contributed by atoms with Gasteiger partial charge in [-0.25, -0.2) is 9.97 Å². The first-order chi connectivity index (χ1) is 6.65. The molecule has 0 unspecified atom stereocenters. The molecular formula is C10H19N3O. The number of aromatic nitrogens is 2. The van der Waals surface area contributed by atoms with E-state index in [1.165, 1.54) is 18.8 Å². The van der Waals surface area contributed by atoms with Crippen LogP contribution < -0.4 is 5.32 Å². The van der Waals surface area contributed by atoms with E-state index in [1.54, 1.807) is 14.0 Å². The molecule has 1 amide bonds. The van der Waals surface area contributed by atoms with Gasteiger partial charge in [0.2, 0.25) is 0 Å². The highest BCUT2D eigenvalue weighted by Crippen LogP contribution is 1.93. The lowest BCUT2D eigenvalue weighted by Crippen LogP contribution is -2.18. The number of amides is 1. The van der Waals surface area contributed by atoms with E-state index >= 15 is 0 Å². The fraction of sp³-hybridized carbons (Fsp3) is 0.500. The van der Waals surface area contributed by atoms with Crippen LogP contribution in [-0.2, 0) is 0 Å². The average Bonchev–Trinajstić information content (AvgIpc) is 2.19. The third kappa shape index (κ3) is 4.54. The highest BCUT2D eigenvalue weighted by molar-refractivity contribution is 5.93. The van der Waals surface area contributed by atoms with E-state index in [2.05, 4.69) is 29.1 Å². The molecule has 0 atom stereocenters. The molecule has 0 radical (unpaired) electrons. The highest BCUT2D eigenvalue weighted by Gasteiger charge is 2.01. The summed E-state index contributed by atoms with van der Waals surface area (Å²) in [7, 11) is 1.57. The quantitative estimate of drug-likeness (QED) is 0.747. The number of carbonyl (C=O) groups is 1. The van der Waals surface area contributed by atoms with Gasteiger partial charge in [0, 0.05) is 20.9 Å². The third-order valence-corrected chi connectivity index (χ3v) is 1.27. The van der Waals surface area contributed by atoms with Crippen molar-refractivity contribution in [2.24, 2.45) is 0 Å². The van der Waals surface area contributed by atoms with Crippen molar-refractivity contribution in [3.05, 3.63) is 23.8 Å². The van der Waals surface area contributed by atoms with Gasteiger partial charge >= 0.3 is 0 Å². The SMILES string of the molecule is CCC.CNC(=O)c1cnc(C)nc1.[HH]. The molecule has 0 saturated heterocycles. The number of carbonyl (C=O) groups excluding carboxylic acids is 1. The van der Waals surface area contributed by atoms with E-state index in [4.69, 9.17) is 0 Å². The number of hydrogen-bond donors (Lipinski definition) is 1. The van der Waals surface area contributed by atoms with E-state index < -0.39 is 0 Å². The Labute approximate surface area is 86.3 Å². The Bertz CT molecular complexity index is 275. The van der Waals surface area contributed by atoms with Gasteiger partial charge in [0.15, 0.2) is 0 Å². The zero-order valence-electron chi connectivity index (χ0n) is 9.16. The molecule has 0 bridgehead atoms. The second-order valence-electron chi connectivity index (χ2n) is 2.81. The van der Waals surface area contributed by atoms with Gasteiger partial charge in [-0.2, -0.15) is 0 Å². The fourth-order valence-electron chi connectivity index (χ4n) is 0.654. The smallest absolute Gasteiger partial charge is 0.254 e. The van der Waals surface area contributed by atoms with E-state index in [0.29, 0.717) is 11.4 Å². The Morgan fingerprint density at radius 1 is 1.43 bits per heavy atom. The second kappa shape index (κ2) is 7.00. The van der Waals surface area contributed by atoms with E-state index in [9.17, 15) is 4.79 Å². The number of aryl methyl sites for hydroxylation is 1. The molecule has 1 aromatic heterocycles. The van der Waals surface area contributed by atoms with Gasteiger partial charge in [-0.1, -0.05) is 20.3 Å². The van der Waals surface area contributed by atoms with E-state index in [1.807, 2.05) is 0 Å². The van der Waals surface area contributed by atoms with Gasteiger partial charge in [0.25, 0.3) is 5.91 Å². The predicted molar refractivity (Wildman–Crippen MR) is 58.2 cm³/mol. The van der Waals surface area contributed by atoms with Gasteiger partial charge in [0.05, 0.1) is 5.56 Å². The van der Waals surface area contributed by atoms with Crippen LogP contribution in [0.1, 0.15) is 37.9 Å². The van der Waals surface area contributed by atoms with Crippen molar-refractivity contribution in [1.82, 2.24) is 15.3 Å². The van der Waals surface area contributed by atoms with Crippen molar-refractivity contribution in [3.8, 4) is 0 Å². The minimum absolute atomic E-state index is 0. The van der Waals surface area contributed by atoms with Crippen molar-refractivity contribution in [3.63, 3.8) is 0 Å². The van der Waals surface area contributed by atoms with Gasteiger partial charge in [-0.15, -0.1) is 0 Å². The molecule has 4 heteroatoms. The first-order valence-corrected chi connectivity index (χ1v) is 4.66. The molecule has 0 aliphatic heterocycles. The Morgan fingerprint density at radius 2 is 1.86 bits per heavy atom. The third-order valence-electron chi connectivity index (χ3n) is 1.27. The number of hydrogen-bond acceptors (Lipinski definition) is 3. The molecule has 0 aromatic carbocycles.